The van der Waals surface area contributed by atoms with Crippen molar-refractivity contribution in [3.63, 3.8) is 0 Å². The molecule has 0 atom stereocenters. The zero-order valence-corrected chi connectivity index (χ0v) is 36.0. The Balaban J connectivity index is 1.17. The quantitative estimate of drug-likeness (QED) is 0.163. The van der Waals surface area contributed by atoms with Crippen LogP contribution in [0.15, 0.2) is 237 Å². The van der Waals surface area contributed by atoms with Gasteiger partial charge < -0.3 is 0 Å². The predicted molar refractivity (Wildman–Crippen MR) is 266 cm³/mol. The molecule has 12 rings (SSSR count). The van der Waals surface area contributed by atoms with Gasteiger partial charge in [0.15, 0.2) is 0 Å². The summed E-state index contributed by atoms with van der Waals surface area (Å²) in [5.74, 6) is 0. The van der Waals surface area contributed by atoms with E-state index in [1.54, 1.807) is 0 Å². The van der Waals surface area contributed by atoms with Crippen LogP contribution in [0.4, 0.5) is 0 Å². The summed E-state index contributed by atoms with van der Waals surface area (Å²) in [6.07, 6.45) is 0. The van der Waals surface area contributed by atoms with E-state index in [-0.39, 0.29) is 5.41 Å². The standard InChI is InChI=1S/C63H45N/c1-62(2)54-29-15-17-31-56(54)63(57-32-18-16-30-55(57)62)53-35-34-46(49-37-47(42-20-7-3-8-21-42)36-48(38-49)43-22-9-4-10-23-43)39-52(53)61-51(28-19-33-58(61)63)50-40-59(44-24-11-5-12-25-44)64-60(41-50)45-26-13-6-14-27-45/h3-41H,1-2H3. The maximum atomic E-state index is 5.32. The summed E-state index contributed by atoms with van der Waals surface area (Å²) in [4.78, 5) is 5.32. The number of hydrogen-bond acceptors (Lipinski definition) is 1. The first kappa shape index (κ1) is 37.9. The maximum Gasteiger partial charge on any atom is 0.0719 e. The van der Waals surface area contributed by atoms with E-state index in [1.165, 1.54) is 83.5 Å². The molecule has 0 saturated heterocycles. The molecule has 0 fully saturated rings. The first-order chi connectivity index (χ1) is 31.5. The highest BCUT2D eigenvalue weighted by Crippen LogP contribution is 2.64. The van der Waals surface area contributed by atoms with Crippen LogP contribution in [-0.4, -0.2) is 4.98 Å². The second-order valence-corrected chi connectivity index (χ2v) is 17.8. The van der Waals surface area contributed by atoms with Gasteiger partial charge in [-0.05, 0) is 125 Å². The lowest BCUT2D eigenvalue weighted by atomic mass is 9.55. The molecule has 1 spiro atoms. The van der Waals surface area contributed by atoms with Crippen molar-refractivity contribution in [3.05, 3.63) is 270 Å². The van der Waals surface area contributed by atoms with Crippen molar-refractivity contribution in [1.82, 2.24) is 4.98 Å². The van der Waals surface area contributed by atoms with E-state index >= 15 is 0 Å². The van der Waals surface area contributed by atoms with Crippen LogP contribution >= 0.6 is 0 Å². The van der Waals surface area contributed by atoms with Crippen LogP contribution in [0, 0.1) is 0 Å². The summed E-state index contributed by atoms with van der Waals surface area (Å²) < 4.78 is 0. The van der Waals surface area contributed by atoms with E-state index in [4.69, 9.17) is 4.98 Å². The molecule has 1 heterocycles. The Labute approximate surface area is 376 Å². The topological polar surface area (TPSA) is 12.9 Å². The highest BCUT2D eigenvalue weighted by Gasteiger charge is 2.53. The lowest BCUT2D eigenvalue weighted by molar-refractivity contribution is 0.563. The molecule has 9 aromatic carbocycles. The van der Waals surface area contributed by atoms with Crippen molar-refractivity contribution < 1.29 is 0 Å². The minimum absolute atomic E-state index is 0.190. The van der Waals surface area contributed by atoms with E-state index in [2.05, 4.69) is 250 Å². The molecular weight excluding hydrogens is 771 g/mol. The third kappa shape index (κ3) is 5.89. The molecule has 0 bridgehead atoms. The summed E-state index contributed by atoms with van der Waals surface area (Å²) in [6, 6.07) is 87.2. The van der Waals surface area contributed by atoms with Gasteiger partial charge in [0.1, 0.15) is 0 Å². The molecule has 302 valence electrons. The van der Waals surface area contributed by atoms with Gasteiger partial charge in [-0.15, -0.1) is 0 Å². The van der Waals surface area contributed by atoms with Crippen LogP contribution in [0.2, 0.25) is 0 Å². The molecule has 2 aliphatic carbocycles. The Morgan fingerprint density at radius 3 is 1.19 bits per heavy atom. The van der Waals surface area contributed by atoms with E-state index < -0.39 is 5.41 Å². The van der Waals surface area contributed by atoms with Crippen molar-refractivity contribution in [2.24, 2.45) is 0 Å². The number of pyridine rings is 1. The molecule has 10 aromatic rings. The first-order valence-electron chi connectivity index (χ1n) is 22.4. The zero-order chi connectivity index (χ0) is 42.8. The van der Waals surface area contributed by atoms with Crippen LogP contribution in [0.25, 0.3) is 78.1 Å². The molecule has 0 aliphatic heterocycles. The second kappa shape index (κ2) is 14.9. The van der Waals surface area contributed by atoms with Crippen LogP contribution in [-0.2, 0) is 10.8 Å². The molecule has 0 unspecified atom stereocenters. The molecular formula is C63H45N. The van der Waals surface area contributed by atoms with Gasteiger partial charge in [0.25, 0.3) is 0 Å². The van der Waals surface area contributed by atoms with E-state index in [0.29, 0.717) is 0 Å². The normalized spacial score (nSPS) is 13.7. The molecule has 1 nitrogen and oxygen atoms in total. The van der Waals surface area contributed by atoms with Gasteiger partial charge in [0.2, 0.25) is 0 Å². The number of benzene rings is 9. The molecule has 1 heteroatoms. The van der Waals surface area contributed by atoms with E-state index in [0.717, 1.165) is 28.1 Å². The molecule has 0 saturated carbocycles. The Kier molecular flexibility index (Phi) is 8.81. The summed E-state index contributed by atoms with van der Waals surface area (Å²) in [5, 5.41) is 0. The lowest BCUT2D eigenvalue weighted by Gasteiger charge is -2.46. The number of nitrogens with zero attached hydrogens (tertiary/aromatic N) is 1. The van der Waals surface area contributed by atoms with E-state index in [9.17, 15) is 0 Å². The monoisotopic (exact) mass is 815 g/mol. The Morgan fingerprint density at radius 2 is 0.688 bits per heavy atom. The Hall–Kier alpha value is -7.87. The van der Waals surface area contributed by atoms with Gasteiger partial charge in [0, 0.05) is 16.5 Å². The fourth-order valence-corrected chi connectivity index (χ4v) is 11.0. The van der Waals surface area contributed by atoms with Gasteiger partial charge >= 0.3 is 0 Å². The molecule has 1 aromatic heterocycles. The summed E-state index contributed by atoms with van der Waals surface area (Å²) in [6.45, 7) is 4.79. The predicted octanol–water partition coefficient (Wildman–Crippen LogP) is 16.1. The van der Waals surface area contributed by atoms with Gasteiger partial charge in [-0.2, -0.15) is 0 Å². The maximum absolute atomic E-state index is 5.32. The largest absolute Gasteiger partial charge is 0.248 e. The summed E-state index contributed by atoms with van der Waals surface area (Å²) >= 11 is 0. The van der Waals surface area contributed by atoms with Crippen LogP contribution in [0.3, 0.4) is 0 Å². The second-order valence-electron chi connectivity index (χ2n) is 17.8. The zero-order valence-electron chi connectivity index (χ0n) is 36.0. The minimum Gasteiger partial charge on any atom is -0.248 e. The van der Waals surface area contributed by atoms with Crippen molar-refractivity contribution in [3.8, 4) is 78.1 Å². The Bertz CT molecular complexity index is 3220. The summed E-state index contributed by atoms with van der Waals surface area (Å²) in [5.41, 5.74) is 23.5. The third-order valence-corrected chi connectivity index (χ3v) is 13.9. The summed E-state index contributed by atoms with van der Waals surface area (Å²) in [7, 11) is 0. The number of rotatable bonds is 6. The fourth-order valence-electron chi connectivity index (χ4n) is 11.0. The van der Waals surface area contributed by atoms with E-state index in [1.807, 2.05) is 0 Å². The highest BCUT2D eigenvalue weighted by atomic mass is 14.7. The first-order valence-corrected chi connectivity index (χ1v) is 22.4. The van der Waals surface area contributed by atoms with Gasteiger partial charge in [0.05, 0.1) is 16.8 Å². The number of hydrogen-bond donors (Lipinski definition) is 0. The Morgan fingerprint density at radius 1 is 0.266 bits per heavy atom. The average molecular weight is 816 g/mol. The lowest BCUT2D eigenvalue weighted by Crippen LogP contribution is -2.40. The van der Waals surface area contributed by atoms with Crippen LogP contribution < -0.4 is 0 Å². The van der Waals surface area contributed by atoms with Gasteiger partial charge in [-0.25, -0.2) is 4.98 Å². The van der Waals surface area contributed by atoms with Gasteiger partial charge in [-0.3, -0.25) is 0 Å². The molecule has 0 N–H and O–H groups in total. The average Bonchev–Trinajstić information content (AvgIpc) is 3.67. The van der Waals surface area contributed by atoms with Crippen molar-refractivity contribution >= 4 is 0 Å². The smallest absolute Gasteiger partial charge is 0.0719 e. The van der Waals surface area contributed by atoms with Crippen molar-refractivity contribution in [2.45, 2.75) is 24.7 Å². The van der Waals surface area contributed by atoms with Crippen LogP contribution in [0.5, 0.6) is 0 Å². The molecule has 0 amide bonds. The number of aromatic nitrogens is 1. The SMILES string of the molecule is CC1(C)c2ccccc2C2(c3ccc(-c4cc(-c5ccccc5)cc(-c5ccccc5)c4)cc3-c3c(-c4cc(-c5ccccc5)nc(-c5ccccc5)c4)cccc32)c2ccccc21. The van der Waals surface area contributed by atoms with Crippen LogP contribution in [0.1, 0.15) is 47.2 Å². The molecule has 2 aliphatic rings. The molecule has 0 radical (unpaired) electrons. The third-order valence-electron chi connectivity index (χ3n) is 13.9. The van der Waals surface area contributed by atoms with Crippen molar-refractivity contribution in [2.75, 3.05) is 0 Å². The minimum atomic E-state index is -0.541. The van der Waals surface area contributed by atoms with Crippen molar-refractivity contribution in [1.29, 1.82) is 0 Å². The fraction of sp³-hybridized carbons (Fsp3) is 0.0635. The highest BCUT2D eigenvalue weighted by molar-refractivity contribution is 5.99. The van der Waals surface area contributed by atoms with Gasteiger partial charge in [-0.1, -0.05) is 214 Å². The molecule has 64 heavy (non-hydrogen) atoms. The number of fused-ring (bicyclic) bond motifs is 9.